The van der Waals surface area contributed by atoms with Crippen molar-refractivity contribution in [3.8, 4) is 0 Å². The van der Waals surface area contributed by atoms with Crippen LogP contribution in [0.2, 0.25) is 11.6 Å². The molecule has 3 heteroatoms. The Morgan fingerprint density at radius 2 is 2.14 bits per heavy atom. The quantitative estimate of drug-likeness (QED) is 0.536. The molecule has 0 aliphatic rings. The lowest BCUT2D eigenvalue weighted by atomic mass is 10.8. The summed E-state index contributed by atoms with van der Waals surface area (Å²) in [5.74, 6) is 4.27. The number of rotatable bonds is 3. The van der Waals surface area contributed by atoms with Crippen LogP contribution in [0.15, 0.2) is 0 Å². The molecule has 0 bridgehead atoms. The number of hydrogen-bond donors (Lipinski definition) is 1. The summed E-state index contributed by atoms with van der Waals surface area (Å²) >= 11 is -0.768. The Bertz CT molecular complexity index is 40.7. The average molecular weight is 117 g/mol. The fraction of sp³-hybridized carbons (Fsp3) is 1.00. The van der Waals surface area contributed by atoms with Crippen molar-refractivity contribution in [3.63, 3.8) is 0 Å². The molecule has 0 fully saturated rings. The van der Waals surface area contributed by atoms with E-state index in [1.807, 2.05) is 0 Å². The smallest absolute Gasteiger partial charge is 0.454 e. The van der Waals surface area contributed by atoms with Gasteiger partial charge in [-0.2, -0.15) is 0 Å². The normalized spacial score (nSPS) is 9.00. The van der Waals surface area contributed by atoms with E-state index >= 15 is 0 Å². The van der Waals surface area contributed by atoms with Crippen LogP contribution in [-0.4, -0.2) is 27.6 Å². The van der Waals surface area contributed by atoms with E-state index in [1.54, 1.807) is 0 Å². The highest BCUT2D eigenvalue weighted by molar-refractivity contribution is 6.48. The number of nitrogens with two attached hydrogens (primary N) is 1. The Kier molecular flexibility index (Phi) is 4.91. The van der Waals surface area contributed by atoms with Gasteiger partial charge in [-0.25, -0.2) is 0 Å². The molecule has 0 spiro atoms. The molecule has 0 saturated carbocycles. The van der Waals surface area contributed by atoms with E-state index in [4.69, 9.17) is 9.52 Å². The van der Waals surface area contributed by atoms with Gasteiger partial charge in [-0.3, -0.25) is 0 Å². The lowest BCUT2D eigenvalue weighted by Gasteiger charge is -1.99. The van der Waals surface area contributed by atoms with Crippen molar-refractivity contribution in [2.24, 2.45) is 5.73 Å². The maximum absolute atomic E-state index is 5.20. The summed E-state index contributed by atoms with van der Waals surface area (Å²) in [6.45, 7) is 1.40. The van der Waals surface area contributed by atoms with Gasteiger partial charge in [-0.1, -0.05) is 11.6 Å². The largest absolute Gasteiger partial charge is 0.500 e. The maximum Gasteiger partial charge on any atom is 0.454 e. The van der Waals surface area contributed by atoms with Gasteiger partial charge in [0.1, 0.15) is 0 Å². The molecule has 0 unspecified atom stereocenters. The van der Waals surface area contributed by atoms with Crippen LogP contribution < -0.4 is 5.73 Å². The Balaban J connectivity index is 2.68. The van der Waals surface area contributed by atoms with E-state index in [0.29, 0.717) is 6.54 Å². The molecule has 0 aromatic rings. The summed E-state index contributed by atoms with van der Waals surface area (Å²) in [4.78, 5) is 0. The van der Waals surface area contributed by atoms with Gasteiger partial charge < -0.3 is 9.52 Å². The molecular formula is C4H12AlNO. The van der Waals surface area contributed by atoms with Crippen molar-refractivity contribution in [1.29, 1.82) is 0 Å². The molecule has 0 aromatic heterocycles. The number of hydrogen-bond acceptors (Lipinski definition) is 2. The van der Waals surface area contributed by atoms with Gasteiger partial charge in [0.2, 0.25) is 0 Å². The Labute approximate surface area is 49.4 Å². The summed E-state index contributed by atoms with van der Waals surface area (Å²) < 4.78 is 5.20. The van der Waals surface area contributed by atoms with Crippen LogP contribution in [0.25, 0.3) is 0 Å². The summed E-state index contributed by atoms with van der Waals surface area (Å²) in [5, 5.41) is 0. The molecule has 0 amide bonds. The second kappa shape index (κ2) is 4.61. The summed E-state index contributed by atoms with van der Waals surface area (Å²) in [5.41, 5.74) is 5.17. The molecule has 0 aliphatic heterocycles. The summed E-state index contributed by atoms with van der Waals surface area (Å²) in [6.07, 6.45) is 0. The van der Waals surface area contributed by atoms with Crippen LogP contribution in [0.5, 0.6) is 0 Å². The summed E-state index contributed by atoms with van der Waals surface area (Å²) in [6, 6.07) is 0. The Morgan fingerprint density at radius 1 is 1.57 bits per heavy atom. The third-order valence-corrected chi connectivity index (χ3v) is 1.47. The molecule has 0 aromatic carbocycles. The zero-order valence-electron chi connectivity index (χ0n) is 4.98. The van der Waals surface area contributed by atoms with E-state index in [2.05, 4.69) is 11.6 Å². The first-order valence-electron chi connectivity index (χ1n) is 2.59. The second-order valence-electron chi connectivity index (χ2n) is 1.71. The molecule has 7 heavy (non-hydrogen) atoms. The van der Waals surface area contributed by atoms with Gasteiger partial charge in [-0.05, 0) is 0 Å². The van der Waals surface area contributed by atoms with E-state index in [9.17, 15) is 0 Å². The predicted molar refractivity (Wildman–Crippen MR) is 32.5 cm³/mol. The van der Waals surface area contributed by atoms with Gasteiger partial charge in [0.25, 0.3) is 0 Å². The molecule has 0 heterocycles. The molecule has 0 aliphatic carbocycles. The lowest BCUT2D eigenvalue weighted by molar-refractivity contribution is 0.337. The molecular weight excluding hydrogens is 105 g/mol. The zero-order valence-corrected chi connectivity index (χ0v) is 6.13. The molecule has 2 nitrogen and oxygen atoms in total. The highest BCUT2D eigenvalue weighted by Crippen LogP contribution is 1.79. The first kappa shape index (κ1) is 7.45. The van der Waals surface area contributed by atoms with Gasteiger partial charge in [0, 0.05) is 13.2 Å². The van der Waals surface area contributed by atoms with Crippen LogP contribution in [0, 0.1) is 0 Å². The van der Waals surface area contributed by atoms with E-state index in [0.717, 1.165) is 6.61 Å². The monoisotopic (exact) mass is 117 g/mol. The molecule has 0 atom stereocenters. The molecule has 42 valence electrons. The van der Waals surface area contributed by atoms with Crippen LogP contribution in [0.4, 0.5) is 0 Å². The summed E-state index contributed by atoms with van der Waals surface area (Å²) in [7, 11) is 0. The SMILES string of the molecule is [CH3][Al]([CH3])[O]CCN. The van der Waals surface area contributed by atoms with E-state index in [-0.39, 0.29) is 0 Å². The van der Waals surface area contributed by atoms with Crippen molar-refractivity contribution >= 4 is 14.5 Å². The molecule has 2 N–H and O–H groups in total. The fourth-order valence-electron chi connectivity index (χ4n) is 0.304. The van der Waals surface area contributed by atoms with Crippen molar-refractivity contribution in [1.82, 2.24) is 0 Å². The first-order chi connectivity index (χ1) is 3.27. The topological polar surface area (TPSA) is 35.2 Å². The van der Waals surface area contributed by atoms with Gasteiger partial charge in [0.05, 0.1) is 0 Å². The van der Waals surface area contributed by atoms with Crippen molar-refractivity contribution in [2.75, 3.05) is 13.2 Å². The Hall–Kier alpha value is 0.452. The molecule has 0 saturated heterocycles. The van der Waals surface area contributed by atoms with Crippen LogP contribution in [0.3, 0.4) is 0 Å². The standard InChI is InChI=1S/C2H6NO.2CH3.Al/c3-1-2-4;;;/h1-3H2;2*1H3;/q-1;;;+1. The highest BCUT2D eigenvalue weighted by Gasteiger charge is 2.00. The Morgan fingerprint density at radius 3 is 2.29 bits per heavy atom. The second-order valence-corrected chi connectivity index (χ2v) is 4.14. The molecule has 0 radical (unpaired) electrons. The van der Waals surface area contributed by atoms with Crippen LogP contribution in [-0.2, 0) is 3.79 Å². The van der Waals surface area contributed by atoms with Crippen LogP contribution >= 0.6 is 0 Å². The van der Waals surface area contributed by atoms with Crippen molar-refractivity contribution < 1.29 is 3.79 Å². The van der Waals surface area contributed by atoms with Gasteiger partial charge in [0.15, 0.2) is 0 Å². The third kappa shape index (κ3) is 6.45. The van der Waals surface area contributed by atoms with Gasteiger partial charge in [-0.15, -0.1) is 0 Å². The van der Waals surface area contributed by atoms with Crippen molar-refractivity contribution in [3.05, 3.63) is 0 Å². The maximum atomic E-state index is 5.20. The fourth-order valence-corrected chi connectivity index (χ4v) is 0.911. The van der Waals surface area contributed by atoms with Gasteiger partial charge >= 0.3 is 14.5 Å². The third-order valence-electron chi connectivity index (χ3n) is 0.569. The van der Waals surface area contributed by atoms with E-state index in [1.165, 1.54) is 0 Å². The minimum absolute atomic E-state index is 0.658. The van der Waals surface area contributed by atoms with E-state index < -0.39 is 14.5 Å². The zero-order chi connectivity index (χ0) is 5.70. The highest BCUT2D eigenvalue weighted by atomic mass is 27.2. The minimum Gasteiger partial charge on any atom is -0.500 e. The lowest BCUT2D eigenvalue weighted by Crippen LogP contribution is -2.15. The van der Waals surface area contributed by atoms with Crippen LogP contribution in [0.1, 0.15) is 0 Å². The van der Waals surface area contributed by atoms with Crippen molar-refractivity contribution in [2.45, 2.75) is 11.6 Å². The molecule has 0 rings (SSSR count). The minimum atomic E-state index is -0.768. The first-order valence-corrected chi connectivity index (χ1v) is 5.37. The average Bonchev–Trinajstić information content (AvgIpc) is 1.61. The predicted octanol–water partition coefficient (Wildman–Crippen LogP) is 0.213.